The van der Waals surface area contributed by atoms with E-state index in [0.29, 0.717) is 0 Å². The van der Waals surface area contributed by atoms with Crippen LogP contribution in [0.1, 0.15) is 25.5 Å². The standard InChI is InChI=1S/C14H21BrN2O2/c1-9(16-10(2)14(18)17(3)4)11-6-7-13(19-5)12(15)8-11/h6-10,16H,1-5H3/p+1/t9-,10+/m1/s1. The van der Waals surface area contributed by atoms with Gasteiger partial charge in [0.05, 0.1) is 11.6 Å². The molecule has 1 rings (SSSR count). The molecule has 0 bridgehead atoms. The van der Waals surface area contributed by atoms with E-state index in [1.165, 1.54) is 0 Å². The summed E-state index contributed by atoms with van der Waals surface area (Å²) in [4.78, 5) is 13.5. The van der Waals surface area contributed by atoms with Gasteiger partial charge in [0.15, 0.2) is 6.04 Å². The second-order valence-corrected chi connectivity index (χ2v) is 5.75. The molecule has 5 heteroatoms. The summed E-state index contributed by atoms with van der Waals surface area (Å²) in [5.74, 6) is 0.938. The minimum atomic E-state index is -0.0918. The molecule has 1 aromatic rings. The fraction of sp³-hybridized carbons (Fsp3) is 0.500. The molecule has 0 radical (unpaired) electrons. The number of hydrogen-bond acceptors (Lipinski definition) is 2. The lowest BCUT2D eigenvalue weighted by Gasteiger charge is -2.20. The van der Waals surface area contributed by atoms with E-state index in [-0.39, 0.29) is 18.0 Å². The Morgan fingerprint density at radius 2 is 2.00 bits per heavy atom. The van der Waals surface area contributed by atoms with Crippen molar-refractivity contribution in [1.82, 2.24) is 4.90 Å². The summed E-state index contributed by atoms with van der Waals surface area (Å²) in [6.07, 6.45) is 0. The van der Waals surface area contributed by atoms with E-state index in [2.05, 4.69) is 28.2 Å². The van der Waals surface area contributed by atoms with Crippen LogP contribution in [0.5, 0.6) is 5.75 Å². The highest BCUT2D eigenvalue weighted by molar-refractivity contribution is 9.10. The molecule has 0 aromatic heterocycles. The predicted octanol–water partition coefficient (Wildman–Crippen LogP) is 1.56. The Labute approximate surface area is 123 Å². The Bertz CT molecular complexity index is 449. The Morgan fingerprint density at radius 1 is 1.37 bits per heavy atom. The monoisotopic (exact) mass is 329 g/mol. The molecule has 0 saturated carbocycles. The zero-order valence-corrected chi connectivity index (χ0v) is 13.7. The summed E-state index contributed by atoms with van der Waals surface area (Å²) >= 11 is 3.48. The van der Waals surface area contributed by atoms with Crippen LogP contribution in [0.3, 0.4) is 0 Å². The maximum atomic E-state index is 11.8. The molecular formula is C14H22BrN2O2+. The topological polar surface area (TPSA) is 46.1 Å². The Morgan fingerprint density at radius 3 is 2.47 bits per heavy atom. The third-order valence-electron chi connectivity index (χ3n) is 3.11. The third kappa shape index (κ3) is 4.21. The number of methoxy groups -OCH3 is 1. The van der Waals surface area contributed by atoms with Crippen molar-refractivity contribution < 1.29 is 14.8 Å². The Balaban J connectivity index is 2.75. The number of likely N-dealkylation sites (N-methyl/N-ethyl adjacent to an activating group) is 1. The van der Waals surface area contributed by atoms with Crippen LogP contribution in [0.2, 0.25) is 0 Å². The van der Waals surface area contributed by atoms with Crippen molar-refractivity contribution in [3.05, 3.63) is 28.2 Å². The van der Waals surface area contributed by atoms with Gasteiger partial charge >= 0.3 is 0 Å². The predicted molar refractivity (Wildman–Crippen MR) is 79.2 cm³/mol. The third-order valence-corrected chi connectivity index (χ3v) is 3.73. The first kappa shape index (κ1) is 16.0. The van der Waals surface area contributed by atoms with Crippen molar-refractivity contribution in [3.63, 3.8) is 0 Å². The van der Waals surface area contributed by atoms with E-state index in [0.717, 1.165) is 15.8 Å². The van der Waals surface area contributed by atoms with Gasteiger partial charge in [0, 0.05) is 19.7 Å². The van der Waals surface area contributed by atoms with E-state index in [4.69, 9.17) is 4.74 Å². The number of nitrogens with zero attached hydrogens (tertiary/aromatic N) is 1. The fourth-order valence-electron chi connectivity index (χ4n) is 2.00. The molecular weight excluding hydrogens is 308 g/mol. The molecule has 0 saturated heterocycles. The molecule has 0 aliphatic rings. The zero-order valence-electron chi connectivity index (χ0n) is 12.1. The number of ether oxygens (including phenoxy) is 1. The molecule has 1 amide bonds. The van der Waals surface area contributed by atoms with Gasteiger partial charge in [-0.25, -0.2) is 0 Å². The van der Waals surface area contributed by atoms with Gasteiger partial charge in [0.25, 0.3) is 5.91 Å². The van der Waals surface area contributed by atoms with Crippen molar-refractivity contribution in [3.8, 4) is 5.75 Å². The van der Waals surface area contributed by atoms with E-state index >= 15 is 0 Å². The van der Waals surface area contributed by atoms with Gasteiger partial charge < -0.3 is 15.0 Å². The van der Waals surface area contributed by atoms with Crippen molar-refractivity contribution in [2.45, 2.75) is 25.9 Å². The van der Waals surface area contributed by atoms with Crippen molar-refractivity contribution in [2.24, 2.45) is 0 Å². The van der Waals surface area contributed by atoms with Gasteiger partial charge in [-0.1, -0.05) is 0 Å². The number of quaternary nitrogens is 1. The summed E-state index contributed by atoms with van der Waals surface area (Å²) in [5.41, 5.74) is 1.16. The van der Waals surface area contributed by atoms with Gasteiger partial charge in [-0.3, -0.25) is 4.79 Å². The van der Waals surface area contributed by atoms with Crippen molar-refractivity contribution >= 4 is 21.8 Å². The maximum Gasteiger partial charge on any atom is 0.279 e. The SMILES string of the molecule is COc1ccc([C@@H](C)[NH2+][C@@H](C)C(=O)N(C)C)cc1Br. The number of amides is 1. The minimum Gasteiger partial charge on any atom is -0.496 e. The Hall–Kier alpha value is -1.07. The van der Waals surface area contributed by atoms with Crippen LogP contribution >= 0.6 is 15.9 Å². The molecule has 106 valence electrons. The largest absolute Gasteiger partial charge is 0.496 e. The normalized spacial score (nSPS) is 13.8. The number of carbonyl (C=O) groups is 1. The highest BCUT2D eigenvalue weighted by Gasteiger charge is 2.21. The lowest BCUT2D eigenvalue weighted by molar-refractivity contribution is -0.710. The number of hydrogen-bond donors (Lipinski definition) is 1. The van der Waals surface area contributed by atoms with Crippen LogP contribution in [0.25, 0.3) is 0 Å². The van der Waals surface area contributed by atoms with Crippen LogP contribution in [0, 0.1) is 0 Å². The van der Waals surface area contributed by atoms with Gasteiger partial charge in [-0.15, -0.1) is 0 Å². The highest BCUT2D eigenvalue weighted by Crippen LogP contribution is 2.27. The maximum absolute atomic E-state index is 11.8. The summed E-state index contributed by atoms with van der Waals surface area (Å²) in [6, 6.07) is 6.11. The lowest BCUT2D eigenvalue weighted by Crippen LogP contribution is -2.92. The molecule has 0 aliphatic carbocycles. The molecule has 0 fully saturated rings. The molecule has 0 spiro atoms. The quantitative estimate of drug-likeness (QED) is 0.891. The van der Waals surface area contributed by atoms with Crippen molar-refractivity contribution in [2.75, 3.05) is 21.2 Å². The lowest BCUT2D eigenvalue weighted by atomic mass is 10.1. The average Bonchev–Trinajstić information content (AvgIpc) is 2.37. The minimum absolute atomic E-state index is 0.0918. The average molecular weight is 330 g/mol. The van der Waals surface area contributed by atoms with Crippen LogP contribution in [-0.2, 0) is 4.79 Å². The smallest absolute Gasteiger partial charge is 0.279 e. The molecule has 4 nitrogen and oxygen atoms in total. The Kier molecular flexibility index (Phi) is 5.82. The van der Waals surface area contributed by atoms with Crippen LogP contribution < -0.4 is 10.1 Å². The molecule has 19 heavy (non-hydrogen) atoms. The van der Waals surface area contributed by atoms with Crippen LogP contribution in [0.4, 0.5) is 0 Å². The molecule has 0 aliphatic heterocycles. The van der Waals surface area contributed by atoms with Gasteiger partial charge in [-0.05, 0) is 48.0 Å². The summed E-state index contributed by atoms with van der Waals surface area (Å²) in [6.45, 7) is 4.02. The summed E-state index contributed by atoms with van der Waals surface area (Å²) in [7, 11) is 5.20. The van der Waals surface area contributed by atoms with Crippen molar-refractivity contribution in [1.29, 1.82) is 0 Å². The number of benzene rings is 1. The molecule has 1 aromatic carbocycles. The van der Waals surface area contributed by atoms with E-state index in [9.17, 15) is 4.79 Å². The molecule has 2 N–H and O–H groups in total. The van der Waals surface area contributed by atoms with Gasteiger partial charge in [0.1, 0.15) is 11.8 Å². The van der Waals surface area contributed by atoms with E-state index in [1.54, 1.807) is 26.1 Å². The van der Waals surface area contributed by atoms with Crippen LogP contribution in [0.15, 0.2) is 22.7 Å². The van der Waals surface area contributed by atoms with E-state index in [1.807, 2.05) is 25.1 Å². The first-order valence-corrected chi connectivity index (χ1v) is 7.05. The first-order valence-electron chi connectivity index (χ1n) is 6.26. The van der Waals surface area contributed by atoms with Gasteiger partial charge in [0.2, 0.25) is 0 Å². The van der Waals surface area contributed by atoms with Crippen LogP contribution in [-0.4, -0.2) is 38.1 Å². The summed E-state index contributed by atoms with van der Waals surface area (Å²) in [5, 5.41) is 2.07. The molecule has 0 heterocycles. The number of rotatable bonds is 5. The van der Waals surface area contributed by atoms with Gasteiger partial charge in [-0.2, -0.15) is 0 Å². The fourth-order valence-corrected chi connectivity index (χ4v) is 2.56. The molecule has 2 atom stereocenters. The second-order valence-electron chi connectivity index (χ2n) is 4.90. The zero-order chi connectivity index (χ0) is 14.6. The number of halogens is 1. The summed E-state index contributed by atoms with van der Waals surface area (Å²) < 4.78 is 6.14. The number of carbonyl (C=O) groups excluding carboxylic acids is 1. The highest BCUT2D eigenvalue weighted by atomic mass is 79.9. The molecule has 0 unspecified atom stereocenters. The first-order chi connectivity index (χ1) is 8.86. The van der Waals surface area contributed by atoms with E-state index < -0.39 is 0 Å². The second kappa shape index (κ2) is 6.91. The number of nitrogens with two attached hydrogens (primary N) is 1.